The Morgan fingerprint density at radius 1 is 1.06 bits per heavy atom. The highest BCUT2D eigenvalue weighted by molar-refractivity contribution is 7.89. The number of esters is 1. The molecule has 35 heavy (non-hydrogen) atoms. The van der Waals surface area contributed by atoms with Crippen LogP contribution in [0.5, 0.6) is 0 Å². The maximum Gasteiger partial charge on any atom is 0.342 e. The van der Waals surface area contributed by atoms with Gasteiger partial charge in [0.25, 0.3) is 10.0 Å². The molecule has 0 spiro atoms. The smallest absolute Gasteiger partial charge is 0.342 e. The molecule has 3 aromatic rings. The van der Waals surface area contributed by atoms with E-state index in [2.05, 4.69) is 35.1 Å². The highest BCUT2D eigenvalue weighted by atomic mass is 35.5. The number of sulfonamides is 1. The van der Waals surface area contributed by atoms with Crippen molar-refractivity contribution in [2.24, 2.45) is 0 Å². The molecular weight excluding hydrogens is 488 g/mol. The quantitative estimate of drug-likeness (QED) is 0.443. The molecule has 4 rings (SSSR count). The summed E-state index contributed by atoms with van der Waals surface area (Å²) in [7, 11) is -4.01. The minimum absolute atomic E-state index is 0.0576. The maximum atomic E-state index is 13.6. The van der Waals surface area contributed by atoms with Crippen LogP contribution in [0.4, 0.5) is 5.69 Å². The molecule has 2 heterocycles. The van der Waals surface area contributed by atoms with Crippen molar-refractivity contribution in [1.29, 1.82) is 0 Å². The Kier molecular flexibility index (Phi) is 7.49. The number of carbonyl (C=O) groups excluding carboxylic acids is 1. The average molecular weight is 517 g/mol. The van der Waals surface area contributed by atoms with Crippen molar-refractivity contribution in [2.75, 3.05) is 37.7 Å². The van der Waals surface area contributed by atoms with E-state index in [1.807, 2.05) is 19.1 Å². The van der Waals surface area contributed by atoms with Gasteiger partial charge in [-0.1, -0.05) is 35.9 Å². The van der Waals surface area contributed by atoms with Crippen LogP contribution < -0.4 is 4.90 Å². The van der Waals surface area contributed by atoms with E-state index < -0.39 is 16.0 Å². The first-order valence-electron chi connectivity index (χ1n) is 11.5. The molecule has 10 heteroatoms. The first kappa shape index (κ1) is 25.2. The molecule has 0 aliphatic carbocycles. The minimum Gasteiger partial charge on any atom is -0.462 e. The summed E-state index contributed by atoms with van der Waals surface area (Å²) in [4.78, 5) is 14.8. The zero-order valence-corrected chi connectivity index (χ0v) is 21.6. The number of piperazine rings is 1. The summed E-state index contributed by atoms with van der Waals surface area (Å²) in [6.07, 6.45) is 1.44. The predicted molar refractivity (Wildman–Crippen MR) is 136 cm³/mol. The molecule has 0 bridgehead atoms. The van der Waals surface area contributed by atoms with Gasteiger partial charge in [-0.05, 0) is 55.7 Å². The van der Waals surface area contributed by atoms with Crippen molar-refractivity contribution in [3.63, 3.8) is 0 Å². The third kappa shape index (κ3) is 5.52. The number of nitrogens with zero attached hydrogens (tertiary/aromatic N) is 4. The van der Waals surface area contributed by atoms with E-state index in [4.69, 9.17) is 16.3 Å². The molecule has 1 aliphatic rings. The van der Waals surface area contributed by atoms with Crippen LogP contribution in [-0.2, 0) is 21.3 Å². The Hall–Kier alpha value is -2.88. The van der Waals surface area contributed by atoms with Crippen molar-refractivity contribution >= 4 is 33.3 Å². The summed E-state index contributed by atoms with van der Waals surface area (Å²) in [6, 6.07) is 13.4. The van der Waals surface area contributed by atoms with Crippen LogP contribution in [0.15, 0.2) is 53.7 Å². The number of hydrogen-bond acceptors (Lipinski definition) is 6. The van der Waals surface area contributed by atoms with Gasteiger partial charge in [-0.15, -0.1) is 0 Å². The van der Waals surface area contributed by atoms with Gasteiger partial charge in [0, 0.05) is 43.1 Å². The molecule has 186 valence electrons. The molecule has 1 fully saturated rings. The lowest BCUT2D eigenvalue weighted by atomic mass is 10.1. The molecule has 1 aromatic heterocycles. The Morgan fingerprint density at radius 3 is 2.40 bits per heavy atom. The van der Waals surface area contributed by atoms with E-state index in [1.54, 1.807) is 19.1 Å². The molecule has 0 atom stereocenters. The Balaban J connectivity index is 1.58. The number of halogens is 1. The van der Waals surface area contributed by atoms with Gasteiger partial charge >= 0.3 is 5.97 Å². The molecule has 2 aromatic carbocycles. The van der Waals surface area contributed by atoms with Crippen LogP contribution in [-0.4, -0.2) is 61.3 Å². The summed E-state index contributed by atoms with van der Waals surface area (Å²) in [6.45, 7) is 7.88. The minimum atomic E-state index is -4.01. The Bertz CT molecular complexity index is 1310. The van der Waals surface area contributed by atoms with Crippen LogP contribution in [0.3, 0.4) is 0 Å². The molecular formula is C25H29ClN4O4S. The summed E-state index contributed by atoms with van der Waals surface area (Å²) < 4.78 is 35.2. The normalized spacial score (nSPS) is 14.8. The van der Waals surface area contributed by atoms with Crippen molar-refractivity contribution in [3.05, 3.63) is 75.9 Å². The first-order chi connectivity index (χ1) is 16.7. The molecule has 0 radical (unpaired) electrons. The van der Waals surface area contributed by atoms with Crippen LogP contribution >= 0.6 is 11.6 Å². The molecule has 0 unspecified atom stereocenters. The Labute approximate surface area is 211 Å². The SMILES string of the molecule is CCOC(=O)c1cn(Cc2ccc(Cl)cc2)nc1S(=O)(=O)N1CCN(c2cc(C)ccc2C)CC1. The lowest BCUT2D eigenvalue weighted by Crippen LogP contribution is -2.49. The fourth-order valence-electron chi connectivity index (χ4n) is 4.15. The topological polar surface area (TPSA) is 84.7 Å². The average Bonchev–Trinajstić information content (AvgIpc) is 3.27. The lowest BCUT2D eigenvalue weighted by molar-refractivity contribution is 0.0521. The molecule has 1 aliphatic heterocycles. The number of aromatic nitrogens is 2. The summed E-state index contributed by atoms with van der Waals surface area (Å²) in [5.74, 6) is -0.706. The number of benzene rings is 2. The first-order valence-corrected chi connectivity index (χ1v) is 13.3. The number of aryl methyl sites for hydroxylation is 2. The van der Waals surface area contributed by atoms with Crippen LogP contribution in [0.2, 0.25) is 5.02 Å². The summed E-state index contributed by atoms with van der Waals surface area (Å²) in [5, 5.41) is 4.65. The largest absolute Gasteiger partial charge is 0.462 e. The summed E-state index contributed by atoms with van der Waals surface area (Å²) in [5.41, 5.74) is 4.24. The third-order valence-corrected chi connectivity index (χ3v) is 8.10. The number of rotatable bonds is 7. The van der Waals surface area contributed by atoms with Crippen LogP contribution in [0, 0.1) is 13.8 Å². The van der Waals surface area contributed by atoms with E-state index in [0.29, 0.717) is 37.7 Å². The highest BCUT2D eigenvalue weighted by Gasteiger charge is 2.35. The van der Waals surface area contributed by atoms with E-state index >= 15 is 0 Å². The van der Waals surface area contributed by atoms with E-state index in [0.717, 1.165) is 22.4 Å². The standard InChI is InChI=1S/C25H29ClN4O4S/c1-4-34-25(31)22-17-29(16-20-7-9-21(26)10-8-20)27-24(22)35(32,33)30-13-11-28(12-14-30)23-15-18(2)5-6-19(23)3/h5-10,15,17H,4,11-14,16H2,1-3H3. The fourth-order valence-corrected chi connectivity index (χ4v) is 5.79. The van der Waals surface area contributed by atoms with Gasteiger partial charge in [0.15, 0.2) is 0 Å². The second-order valence-corrected chi connectivity index (χ2v) is 10.9. The number of hydrogen-bond donors (Lipinski definition) is 0. The number of anilines is 1. The molecule has 8 nitrogen and oxygen atoms in total. The summed E-state index contributed by atoms with van der Waals surface area (Å²) >= 11 is 5.96. The monoisotopic (exact) mass is 516 g/mol. The molecule has 1 saturated heterocycles. The van der Waals surface area contributed by atoms with Crippen molar-refractivity contribution < 1.29 is 17.9 Å². The number of ether oxygens (including phenoxy) is 1. The van der Waals surface area contributed by atoms with Gasteiger partial charge in [-0.25, -0.2) is 13.2 Å². The van der Waals surface area contributed by atoms with Gasteiger partial charge in [0.1, 0.15) is 5.56 Å². The molecule has 0 amide bonds. The molecule has 0 N–H and O–H groups in total. The second kappa shape index (κ2) is 10.4. The number of carbonyl (C=O) groups is 1. The zero-order chi connectivity index (χ0) is 25.2. The highest BCUT2D eigenvalue weighted by Crippen LogP contribution is 2.26. The van der Waals surface area contributed by atoms with E-state index in [-0.39, 0.29) is 17.2 Å². The van der Waals surface area contributed by atoms with Gasteiger partial charge in [0.2, 0.25) is 5.03 Å². The zero-order valence-electron chi connectivity index (χ0n) is 20.1. The van der Waals surface area contributed by atoms with Gasteiger partial charge in [-0.2, -0.15) is 9.40 Å². The van der Waals surface area contributed by atoms with Gasteiger partial charge in [0.05, 0.1) is 13.2 Å². The maximum absolute atomic E-state index is 13.6. The predicted octanol–water partition coefficient (Wildman–Crippen LogP) is 3.89. The Morgan fingerprint density at radius 2 is 1.74 bits per heavy atom. The van der Waals surface area contributed by atoms with Crippen LogP contribution in [0.1, 0.15) is 34.0 Å². The van der Waals surface area contributed by atoms with Crippen molar-refractivity contribution in [2.45, 2.75) is 32.3 Å². The van der Waals surface area contributed by atoms with E-state index in [9.17, 15) is 13.2 Å². The van der Waals surface area contributed by atoms with Crippen LogP contribution in [0.25, 0.3) is 0 Å². The fraction of sp³-hybridized carbons (Fsp3) is 0.360. The molecule has 0 saturated carbocycles. The lowest BCUT2D eigenvalue weighted by Gasteiger charge is -2.36. The van der Waals surface area contributed by atoms with Crippen molar-refractivity contribution in [3.8, 4) is 0 Å². The van der Waals surface area contributed by atoms with Crippen molar-refractivity contribution in [1.82, 2.24) is 14.1 Å². The van der Waals surface area contributed by atoms with Gasteiger partial charge in [-0.3, -0.25) is 4.68 Å². The second-order valence-electron chi connectivity index (χ2n) is 8.57. The van der Waals surface area contributed by atoms with Gasteiger partial charge < -0.3 is 9.64 Å². The third-order valence-electron chi connectivity index (χ3n) is 6.01. The van der Waals surface area contributed by atoms with E-state index in [1.165, 1.54) is 15.2 Å².